The van der Waals surface area contributed by atoms with Crippen LogP contribution in [0.2, 0.25) is 0 Å². The van der Waals surface area contributed by atoms with Gasteiger partial charge in [-0.25, -0.2) is 5.43 Å². The molecule has 1 N–H and O–H groups in total. The lowest BCUT2D eigenvalue weighted by atomic mass is 10.0. The van der Waals surface area contributed by atoms with E-state index in [4.69, 9.17) is 0 Å². The van der Waals surface area contributed by atoms with Gasteiger partial charge >= 0.3 is 0 Å². The van der Waals surface area contributed by atoms with E-state index in [0.717, 1.165) is 0 Å². The summed E-state index contributed by atoms with van der Waals surface area (Å²) < 4.78 is 0. The van der Waals surface area contributed by atoms with Crippen LogP contribution in [0.3, 0.4) is 0 Å². The monoisotopic (exact) mass is 250 g/mol. The third-order valence-electron chi connectivity index (χ3n) is 3.10. The molecular formula is C16H30N2. The summed E-state index contributed by atoms with van der Waals surface area (Å²) >= 11 is 0. The maximum absolute atomic E-state index is 3.83. The second-order valence-corrected chi connectivity index (χ2v) is 5.09. The molecule has 0 saturated carbocycles. The molecule has 0 radical (unpaired) electrons. The SMILES string of the molecule is C=CN1NC(C(C)C)C=C1/C=C(\C)C(C)C.CC. The van der Waals surface area contributed by atoms with Crippen LogP contribution in [0.15, 0.2) is 36.2 Å². The molecule has 2 heteroatoms. The zero-order valence-corrected chi connectivity index (χ0v) is 13.1. The molecule has 0 aromatic carbocycles. The highest BCUT2D eigenvalue weighted by atomic mass is 15.5. The van der Waals surface area contributed by atoms with Gasteiger partial charge in [0.25, 0.3) is 0 Å². The van der Waals surface area contributed by atoms with Gasteiger partial charge in [-0.1, -0.05) is 53.7 Å². The lowest BCUT2D eigenvalue weighted by Gasteiger charge is -2.20. The van der Waals surface area contributed by atoms with Gasteiger partial charge in [-0.05, 0) is 30.9 Å². The number of hydrazine groups is 1. The molecule has 18 heavy (non-hydrogen) atoms. The highest BCUT2D eigenvalue weighted by Crippen LogP contribution is 2.21. The van der Waals surface area contributed by atoms with Crippen LogP contribution < -0.4 is 5.43 Å². The van der Waals surface area contributed by atoms with Gasteiger partial charge in [-0.15, -0.1) is 0 Å². The zero-order chi connectivity index (χ0) is 14.3. The Labute approximate surface area is 113 Å². The van der Waals surface area contributed by atoms with E-state index >= 15 is 0 Å². The average Bonchev–Trinajstić information content (AvgIpc) is 2.74. The second-order valence-electron chi connectivity index (χ2n) is 5.09. The van der Waals surface area contributed by atoms with E-state index in [2.05, 4.69) is 58.8 Å². The van der Waals surface area contributed by atoms with E-state index in [0.29, 0.717) is 17.9 Å². The summed E-state index contributed by atoms with van der Waals surface area (Å²) in [5.41, 5.74) is 6.01. The molecule has 0 aromatic rings. The van der Waals surface area contributed by atoms with Crippen molar-refractivity contribution in [2.45, 2.75) is 54.5 Å². The van der Waals surface area contributed by atoms with E-state index in [1.165, 1.54) is 11.3 Å². The van der Waals surface area contributed by atoms with Gasteiger partial charge in [-0.2, -0.15) is 0 Å². The molecule has 1 heterocycles. The van der Waals surface area contributed by atoms with E-state index < -0.39 is 0 Å². The minimum Gasteiger partial charge on any atom is -0.285 e. The Morgan fingerprint density at radius 2 is 1.89 bits per heavy atom. The first-order valence-electron chi connectivity index (χ1n) is 7.03. The molecule has 0 saturated heterocycles. The number of allylic oxidation sites excluding steroid dienone is 2. The smallest absolute Gasteiger partial charge is 0.0546 e. The van der Waals surface area contributed by atoms with Crippen molar-refractivity contribution < 1.29 is 0 Å². The molecule has 0 aromatic heterocycles. The van der Waals surface area contributed by atoms with Gasteiger partial charge in [0, 0.05) is 12.2 Å². The third-order valence-corrected chi connectivity index (χ3v) is 3.10. The standard InChI is InChI=1S/C14H24N2.C2H6/c1-7-16-13(8-12(6)10(2)3)9-14(15-16)11(4)5;1-2/h7-11,14-15H,1H2,2-6H3;1-2H3/b12-8+;. The van der Waals surface area contributed by atoms with Crippen LogP contribution in [-0.2, 0) is 0 Å². The number of nitrogens with one attached hydrogen (secondary N) is 1. The van der Waals surface area contributed by atoms with E-state index in [-0.39, 0.29) is 0 Å². The minimum atomic E-state index is 0.407. The number of hydrogen-bond donors (Lipinski definition) is 1. The van der Waals surface area contributed by atoms with Crippen molar-refractivity contribution >= 4 is 0 Å². The highest BCUT2D eigenvalue weighted by Gasteiger charge is 2.21. The van der Waals surface area contributed by atoms with Crippen LogP contribution >= 0.6 is 0 Å². The van der Waals surface area contributed by atoms with Gasteiger partial charge in [0.2, 0.25) is 0 Å². The van der Waals surface area contributed by atoms with Crippen LogP contribution in [0, 0.1) is 11.8 Å². The van der Waals surface area contributed by atoms with E-state index in [1.54, 1.807) is 0 Å². The zero-order valence-electron chi connectivity index (χ0n) is 13.1. The quantitative estimate of drug-likeness (QED) is 0.791. The third kappa shape index (κ3) is 4.69. The molecule has 1 rings (SSSR count). The maximum Gasteiger partial charge on any atom is 0.0546 e. The molecule has 0 spiro atoms. The van der Waals surface area contributed by atoms with E-state index in [9.17, 15) is 0 Å². The predicted octanol–water partition coefficient (Wildman–Crippen LogP) is 4.49. The van der Waals surface area contributed by atoms with Crippen molar-refractivity contribution in [2.75, 3.05) is 0 Å². The fraction of sp³-hybridized carbons (Fsp3) is 0.625. The Morgan fingerprint density at radius 1 is 1.33 bits per heavy atom. The maximum atomic E-state index is 3.83. The van der Waals surface area contributed by atoms with Gasteiger partial charge in [0.05, 0.1) is 5.70 Å². The summed E-state index contributed by atoms with van der Waals surface area (Å²) in [5.74, 6) is 1.18. The Balaban J connectivity index is 0.00000137. The average molecular weight is 250 g/mol. The van der Waals surface area contributed by atoms with Gasteiger partial charge in [0.1, 0.15) is 0 Å². The Bertz CT molecular complexity index is 311. The summed E-state index contributed by atoms with van der Waals surface area (Å²) in [6, 6.07) is 0.407. The molecule has 1 atom stereocenters. The van der Waals surface area contributed by atoms with Crippen molar-refractivity contribution in [3.63, 3.8) is 0 Å². The number of rotatable bonds is 4. The molecule has 0 aliphatic carbocycles. The van der Waals surface area contributed by atoms with Gasteiger partial charge < -0.3 is 0 Å². The lowest BCUT2D eigenvalue weighted by Crippen LogP contribution is -2.35. The van der Waals surface area contributed by atoms with Crippen LogP contribution in [0.25, 0.3) is 0 Å². The Hall–Kier alpha value is -1.02. The minimum absolute atomic E-state index is 0.407. The number of nitrogens with zero attached hydrogens (tertiary/aromatic N) is 1. The first-order valence-corrected chi connectivity index (χ1v) is 7.03. The Morgan fingerprint density at radius 3 is 2.28 bits per heavy atom. The van der Waals surface area contributed by atoms with Gasteiger partial charge in [0.15, 0.2) is 0 Å². The number of hydrogen-bond acceptors (Lipinski definition) is 2. The molecule has 1 aliphatic rings. The van der Waals surface area contributed by atoms with E-state index in [1.807, 2.05) is 25.1 Å². The van der Waals surface area contributed by atoms with Crippen molar-refractivity contribution in [1.82, 2.24) is 10.4 Å². The van der Waals surface area contributed by atoms with Crippen LogP contribution in [0.5, 0.6) is 0 Å². The first-order chi connectivity index (χ1) is 8.45. The summed E-state index contributed by atoms with van der Waals surface area (Å²) in [7, 11) is 0. The second kappa shape index (κ2) is 8.15. The first kappa shape index (κ1) is 17.0. The van der Waals surface area contributed by atoms with Crippen LogP contribution in [0.4, 0.5) is 0 Å². The van der Waals surface area contributed by atoms with Crippen molar-refractivity contribution in [3.05, 3.63) is 36.2 Å². The molecule has 0 bridgehead atoms. The predicted molar refractivity (Wildman–Crippen MR) is 81.8 cm³/mol. The molecule has 104 valence electrons. The summed E-state index contributed by atoms with van der Waals surface area (Å²) in [4.78, 5) is 0. The fourth-order valence-electron chi connectivity index (χ4n) is 1.55. The molecule has 0 amide bonds. The Kier molecular flexibility index (Phi) is 7.69. The normalized spacial score (nSPS) is 19.8. The molecule has 1 aliphatic heterocycles. The highest BCUT2D eigenvalue weighted by molar-refractivity contribution is 5.28. The summed E-state index contributed by atoms with van der Waals surface area (Å²) in [5, 5.41) is 2.01. The fourth-order valence-corrected chi connectivity index (χ4v) is 1.55. The van der Waals surface area contributed by atoms with Crippen LogP contribution in [0.1, 0.15) is 48.5 Å². The van der Waals surface area contributed by atoms with Crippen LogP contribution in [-0.4, -0.2) is 11.1 Å². The van der Waals surface area contributed by atoms with Crippen molar-refractivity contribution in [2.24, 2.45) is 11.8 Å². The molecule has 2 nitrogen and oxygen atoms in total. The topological polar surface area (TPSA) is 15.3 Å². The summed E-state index contributed by atoms with van der Waals surface area (Å²) in [6.45, 7) is 18.9. The largest absolute Gasteiger partial charge is 0.285 e. The van der Waals surface area contributed by atoms with Crippen molar-refractivity contribution in [3.8, 4) is 0 Å². The lowest BCUT2D eigenvalue weighted by molar-refractivity contribution is 0.315. The molecule has 1 unspecified atom stereocenters. The van der Waals surface area contributed by atoms with Crippen molar-refractivity contribution in [1.29, 1.82) is 0 Å². The summed E-state index contributed by atoms with van der Waals surface area (Å²) in [6.07, 6.45) is 6.35. The molecular weight excluding hydrogens is 220 g/mol. The molecule has 0 fully saturated rings. The van der Waals surface area contributed by atoms with Gasteiger partial charge in [-0.3, -0.25) is 5.01 Å².